The van der Waals surface area contributed by atoms with Gasteiger partial charge in [0.2, 0.25) is 5.91 Å². The number of amides is 1. The van der Waals surface area contributed by atoms with Gasteiger partial charge in [-0.3, -0.25) is 4.79 Å². The average molecular weight is 241 g/mol. The third-order valence-corrected chi connectivity index (χ3v) is 2.58. The Morgan fingerprint density at radius 2 is 2.44 bits per heavy atom. The molecule has 0 saturated heterocycles. The fourth-order valence-electron chi connectivity index (χ4n) is 1.27. The summed E-state index contributed by atoms with van der Waals surface area (Å²) < 4.78 is 1.74. The molecule has 0 saturated carbocycles. The maximum Gasteiger partial charge on any atom is 0.230 e. The van der Waals surface area contributed by atoms with Crippen LogP contribution in [0, 0.1) is 5.92 Å². The van der Waals surface area contributed by atoms with Crippen LogP contribution >= 0.6 is 12.2 Å². The van der Waals surface area contributed by atoms with Gasteiger partial charge in [-0.15, -0.1) is 10.2 Å². The Balaban J connectivity index is 2.52. The van der Waals surface area contributed by atoms with Crippen LogP contribution in [0.3, 0.4) is 0 Å². The molecule has 1 rings (SSSR count). The van der Waals surface area contributed by atoms with Crippen molar-refractivity contribution in [2.45, 2.75) is 19.9 Å². The summed E-state index contributed by atoms with van der Waals surface area (Å²) >= 11 is 4.82. The van der Waals surface area contributed by atoms with Gasteiger partial charge in [0.1, 0.15) is 6.33 Å². The molecule has 0 aliphatic heterocycles. The zero-order valence-electron chi connectivity index (χ0n) is 9.30. The molecule has 1 atom stereocenters. The Hall–Kier alpha value is -1.50. The second-order valence-corrected chi connectivity index (χ2v) is 3.91. The lowest BCUT2D eigenvalue weighted by Gasteiger charge is -2.12. The molecule has 0 radical (unpaired) electrons. The van der Waals surface area contributed by atoms with Crippen LogP contribution in [0.1, 0.15) is 19.2 Å². The van der Waals surface area contributed by atoms with Crippen molar-refractivity contribution in [3.05, 3.63) is 12.2 Å². The highest BCUT2D eigenvalue weighted by Crippen LogP contribution is 2.03. The molecule has 1 aromatic rings. The summed E-state index contributed by atoms with van der Waals surface area (Å²) in [5.74, 6) is 0.104. The molecule has 1 heterocycles. The average Bonchev–Trinajstić information content (AvgIpc) is 2.61. The third kappa shape index (κ3) is 2.99. The SMILES string of the molecule is CCC(C(=O)NCc1nncn1C)C(N)=S. The Labute approximate surface area is 99.2 Å². The van der Waals surface area contributed by atoms with Crippen molar-refractivity contribution >= 4 is 23.1 Å². The highest BCUT2D eigenvalue weighted by molar-refractivity contribution is 7.80. The van der Waals surface area contributed by atoms with Gasteiger partial charge in [0.15, 0.2) is 5.82 Å². The molecule has 7 heteroatoms. The van der Waals surface area contributed by atoms with Crippen LogP contribution in [0.25, 0.3) is 0 Å². The van der Waals surface area contributed by atoms with Crippen molar-refractivity contribution in [3.63, 3.8) is 0 Å². The second-order valence-electron chi connectivity index (χ2n) is 3.44. The van der Waals surface area contributed by atoms with Crippen molar-refractivity contribution in [1.82, 2.24) is 20.1 Å². The lowest BCUT2D eigenvalue weighted by molar-refractivity contribution is -0.123. The van der Waals surface area contributed by atoms with E-state index in [1.807, 2.05) is 14.0 Å². The molecule has 0 fully saturated rings. The molecular weight excluding hydrogens is 226 g/mol. The molecule has 1 unspecified atom stereocenters. The Kier molecular flexibility index (Phi) is 4.36. The minimum atomic E-state index is -0.414. The Morgan fingerprint density at radius 1 is 1.75 bits per heavy atom. The van der Waals surface area contributed by atoms with Crippen molar-refractivity contribution in [3.8, 4) is 0 Å². The topological polar surface area (TPSA) is 85.8 Å². The minimum Gasteiger partial charge on any atom is -0.393 e. The van der Waals surface area contributed by atoms with Gasteiger partial charge in [-0.05, 0) is 6.42 Å². The first kappa shape index (κ1) is 12.6. The predicted molar refractivity (Wildman–Crippen MR) is 63.4 cm³/mol. The number of carbonyl (C=O) groups is 1. The van der Waals surface area contributed by atoms with Crippen molar-refractivity contribution in [1.29, 1.82) is 0 Å². The number of aryl methyl sites for hydroxylation is 1. The molecule has 0 aliphatic carbocycles. The van der Waals surface area contributed by atoms with Crippen molar-refractivity contribution in [2.75, 3.05) is 0 Å². The maximum atomic E-state index is 11.7. The van der Waals surface area contributed by atoms with E-state index in [9.17, 15) is 4.79 Å². The van der Waals surface area contributed by atoms with Gasteiger partial charge in [0, 0.05) is 7.05 Å². The first-order valence-electron chi connectivity index (χ1n) is 4.96. The van der Waals surface area contributed by atoms with E-state index in [1.54, 1.807) is 10.9 Å². The zero-order chi connectivity index (χ0) is 12.1. The van der Waals surface area contributed by atoms with Crippen LogP contribution in [0.5, 0.6) is 0 Å². The van der Waals surface area contributed by atoms with Gasteiger partial charge in [-0.25, -0.2) is 0 Å². The van der Waals surface area contributed by atoms with Gasteiger partial charge in [-0.2, -0.15) is 0 Å². The van der Waals surface area contributed by atoms with Gasteiger partial charge in [0.05, 0.1) is 17.5 Å². The fraction of sp³-hybridized carbons (Fsp3) is 0.556. The van der Waals surface area contributed by atoms with Crippen LogP contribution in [-0.2, 0) is 18.4 Å². The van der Waals surface area contributed by atoms with Crippen molar-refractivity contribution in [2.24, 2.45) is 18.7 Å². The van der Waals surface area contributed by atoms with E-state index < -0.39 is 5.92 Å². The number of hydrogen-bond donors (Lipinski definition) is 2. The molecule has 88 valence electrons. The molecule has 16 heavy (non-hydrogen) atoms. The van der Waals surface area contributed by atoms with E-state index in [-0.39, 0.29) is 10.9 Å². The highest BCUT2D eigenvalue weighted by atomic mass is 32.1. The number of carbonyl (C=O) groups excluding carboxylic acids is 1. The Morgan fingerprint density at radius 3 is 2.88 bits per heavy atom. The molecule has 3 N–H and O–H groups in total. The molecule has 1 aromatic heterocycles. The molecule has 0 bridgehead atoms. The van der Waals surface area contributed by atoms with E-state index in [0.717, 1.165) is 0 Å². The minimum absolute atomic E-state index is 0.169. The van der Waals surface area contributed by atoms with E-state index in [4.69, 9.17) is 18.0 Å². The molecule has 0 spiro atoms. The first-order chi connectivity index (χ1) is 7.56. The normalized spacial score (nSPS) is 12.1. The smallest absolute Gasteiger partial charge is 0.230 e. The third-order valence-electron chi connectivity index (χ3n) is 2.29. The van der Waals surface area contributed by atoms with Crippen LogP contribution in [0.2, 0.25) is 0 Å². The maximum absolute atomic E-state index is 11.7. The number of nitrogens with one attached hydrogen (secondary N) is 1. The molecule has 0 aliphatic rings. The monoisotopic (exact) mass is 241 g/mol. The quantitative estimate of drug-likeness (QED) is 0.694. The molecule has 1 amide bonds. The van der Waals surface area contributed by atoms with Gasteiger partial charge in [0.25, 0.3) is 0 Å². The fourth-order valence-corrected chi connectivity index (χ4v) is 1.55. The van der Waals surface area contributed by atoms with Crippen LogP contribution in [0.15, 0.2) is 6.33 Å². The summed E-state index contributed by atoms with van der Waals surface area (Å²) in [5.41, 5.74) is 5.46. The van der Waals surface area contributed by atoms with E-state index in [1.165, 1.54) is 0 Å². The van der Waals surface area contributed by atoms with Gasteiger partial charge < -0.3 is 15.6 Å². The summed E-state index contributed by atoms with van der Waals surface area (Å²) in [6.45, 7) is 2.19. The van der Waals surface area contributed by atoms with Gasteiger partial charge in [-0.1, -0.05) is 19.1 Å². The summed E-state index contributed by atoms with van der Waals surface area (Å²) in [6, 6.07) is 0. The lowest BCUT2D eigenvalue weighted by atomic mass is 10.1. The highest BCUT2D eigenvalue weighted by Gasteiger charge is 2.19. The lowest BCUT2D eigenvalue weighted by Crippen LogP contribution is -2.37. The predicted octanol–water partition coefficient (Wildman–Crippen LogP) is -0.256. The number of thiocarbonyl (C=S) groups is 1. The molecule has 6 nitrogen and oxygen atoms in total. The number of aromatic nitrogens is 3. The molecule has 0 aromatic carbocycles. The number of nitrogens with two attached hydrogens (primary N) is 1. The van der Waals surface area contributed by atoms with E-state index in [2.05, 4.69) is 15.5 Å². The Bertz CT molecular complexity index is 389. The zero-order valence-corrected chi connectivity index (χ0v) is 10.1. The van der Waals surface area contributed by atoms with E-state index in [0.29, 0.717) is 18.8 Å². The van der Waals surface area contributed by atoms with Crippen LogP contribution in [0.4, 0.5) is 0 Å². The largest absolute Gasteiger partial charge is 0.393 e. The van der Waals surface area contributed by atoms with Crippen LogP contribution in [-0.4, -0.2) is 25.7 Å². The van der Waals surface area contributed by atoms with Crippen LogP contribution < -0.4 is 11.1 Å². The summed E-state index contributed by atoms with van der Waals surface area (Å²) in [6.07, 6.45) is 2.17. The number of nitrogens with zero attached hydrogens (tertiary/aromatic N) is 3. The summed E-state index contributed by atoms with van der Waals surface area (Å²) in [4.78, 5) is 11.9. The first-order valence-corrected chi connectivity index (χ1v) is 5.37. The number of hydrogen-bond acceptors (Lipinski definition) is 4. The summed E-state index contributed by atoms with van der Waals surface area (Å²) in [7, 11) is 1.81. The summed E-state index contributed by atoms with van der Waals surface area (Å²) in [5, 5.41) is 10.3. The van der Waals surface area contributed by atoms with Crippen molar-refractivity contribution < 1.29 is 4.79 Å². The standard InChI is InChI=1S/C9H15N5OS/c1-3-6(8(10)16)9(15)11-4-7-13-12-5-14(7)2/h5-6H,3-4H2,1-2H3,(H2,10,16)(H,11,15). The molecular formula is C9H15N5OS. The number of rotatable bonds is 5. The van der Waals surface area contributed by atoms with Gasteiger partial charge >= 0.3 is 0 Å². The second kappa shape index (κ2) is 5.55. The van der Waals surface area contributed by atoms with E-state index >= 15 is 0 Å².